The van der Waals surface area contributed by atoms with E-state index in [0.717, 1.165) is 23.3 Å². The highest BCUT2D eigenvalue weighted by Gasteiger charge is 2.41. The molecule has 1 aromatic rings. The average molecular weight is 203 g/mol. The number of nitrogens with zero attached hydrogens (tertiary/aromatic N) is 2. The molecule has 0 amide bonds. The van der Waals surface area contributed by atoms with Crippen molar-refractivity contribution in [3.8, 4) is 0 Å². The Bertz CT molecular complexity index is 344. The van der Waals surface area contributed by atoms with Gasteiger partial charge in [0.25, 0.3) is 0 Å². The fraction of sp³-hybridized carbons (Fsp3) is 0.667. The summed E-state index contributed by atoms with van der Waals surface area (Å²) in [7, 11) is 0. The molecule has 2 aliphatic rings. The molecule has 0 radical (unpaired) electrons. The quantitative estimate of drug-likeness (QED) is 0.816. The molecule has 0 atom stereocenters. The van der Waals surface area contributed by atoms with E-state index in [-0.39, 0.29) is 0 Å². The van der Waals surface area contributed by atoms with Gasteiger partial charge in [-0.25, -0.2) is 4.98 Å². The molecular formula is C12H17N3. The maximum atomic E-state index is 4.36. The van der Waals surface area contributed by atoms with Crippen LogP contribution >= 0.6 is 0 Å². The Morgan fingerprint density at radius 3 is 2.27 bits per heavy atom. The van der Waals surface area contributed by atoms with E-state index in [2.05, 4.69) is 15.3 Å². The van der Waals surface area contributed by atoms with Gasteiger partial charge in [-0.2, -0.15) is 0 Å². The first-order valence-electron chi connectivity index (χ1n) is 5.89. The van der Waals surface area contributed by atoms with Crippen molar-refractivity contribution in [2.45, 2.75) is 38.6 Å². The van der Waals surface area contributed by atoms with E-state index in [4.69, 9.17) is 0 Å². The summed E-state index contributed by atoms with van der Waals surface area (Å²) in [5, 5.41) is 3.60. The lowest BCUT2D eigenvalue weighted by molar-refractivity contribution is 0.565. The number of aromatic nitrogens is 2. The van der Waals surface area contributed by atoms with E-state index < -0.39 is 0 Å². The number of aryl methyl sites for hydroxylation is 1. The summed E-state index contributed by atoms with van der Waals surface area (Å²) in [5.41, 5.74) is 1.02. The molecule has 15 heavy (non-hydrogen) atoms. The van der Waals surface area contributed by atoms with Crippen LogP contribution in [0, 0.1) is 18.8 Å². The minimum absolute atomic E-state index is 0.667. The van der Waals surface area contributed by atoms with E-state index in [1.165, 1.54) is 25.7 Å². The summed E-state index contributed by atoms with van der Waals surface area (Å²) in [5.74, 6) is 2.79. The van der Waals surface area contributed by atoms with Gasteiger partial charge in [-0.1, -0.05) is 0 Å². The molecule has 0 aliphatic heterocycles. The molecule has 0 bridgehead atoms. The molecule has 80 valence electrons. The zero-order valence-electron chi connectivity index (χ0n) is 9.11. The normalized spacial score (nSPS) is 20.7. The molecule has 1 aromatic heterocycles. The average Bonchev–Trinajstić information content (AvgIpc) is 3.10. The second kappa shape index (κ2) is 3.47. The molecular weight excluding hydrogens is 186 g/mol. The van der Waals surface area contributed by atoms with Gasteiger partial charge in [0.15, 0.2) is 0 Å². The molecule has 0 unspecified atom stereocenters. The van der Waals surface area contributed by atoms with Gasteiger partial charge in [-0.05, 0) is 44.4 Å². The minimum atomic E-state index is 0.667. The number of nitrogens with one attached hydrogen (secondary N) is 1. The third kappa shape index (κ3) is 1.96. The molecule has 2 saturated carbocycles. The first-order chi connectivity index (χ1) is 7.34. The van der Waals surface area contributed by atoms with Crippen molar-refractivity contribution in [2.75, 3.05) is 5.32 Å². The summed E-state index contributed by atoms with van der Waals surface area (Å²) in [4.78, 5) is 8.63. The van der Waals surface area contributed by atoms with E-state index in [9.17, 15) is 0 Å². The standard InChI is InChI=1S/C12H17N3/c1-8-12(14-7-6-13-8)15-11(9-2-3-9)10-4-5-10/h6-7,9-11H,2-5H2,1H3,(H,14,15). The van der Waals surface area contributed by atoms with Crippen LogP contribution in [0.1, 0.15) is 31.4 Å². The largest absolute Gasteiger partial charge is 0.365 e. The third-order valence-corrected chi connectivity index (χ3v) is 3.44. The molecule has 3 rings (SSSR count). The van der Waals surface area contributed by atoms with Crippen LogP contribution in [-0.4, -0.2) is 16.0 Å². The molecule has 0 saturated heterocycles. The lowest BCUT2D eigenvalue weighted by Crippen LogP contribution is -2.25. The Hall–Kier alpha value is -1.12. The first-order valence-corrected chi connectivity index (χ1v) is 5.89. The summed E-state index contributed by atoms with van der Waals surface area (Å²) < 4.78 is 0. The van der Waals surface area contributed by atoms with Crippen LogP contribution < -0.4 is 5.32 Å². The summed E-state index contributed by atoms with van der Waals surface area (Å²) in [6, 6.07) is 0.667. The van der Waals surface area contributed by atoms with Gasteiger partial charge in [-0.3, -0.25) is 4.98 Å². The van der Waals surface area contributed by atoms with Gasteiger partial charge in [-0.15, -0.1) is 0 Å². The number of rotatable bonds is 4. The lowest BCUT2D eigenvalue weighted by atomic mass is 10.1. The fourth-order valence-electron chi connectivity index (χ4n) is 2.24. The second-order valence-corrected chi connectivity index (χ2v) is 4.84. The molecule has 0 aromatic carbocycles. The molecule has 1 heterocycles. The Kier molecular flexibility index (Phi) is 2.11. The molecule has 0 spiro atoms. The van der Waals surface area contributed by atoms with Crippen molar-refractivity contribution in [1.82, 2.24) is 9.97 Å². The maximum Gasteiger partial charge on any atom is 0.147 e. The highest BCUT2D eigenvalue weighted by atomic mass is 15.1. The van der Waals surface area contributed by atoms with Gasteiger partial charge in [0.1, 0.15) is 5.82 Å². The van der Waals surface area contributed by atoms with Crippen molar-refractivity contribution >= 4 is 5.82 Å². The zero-order valence-corrected chi connectivity index (χ0v) is 9.11. The highest BCUT2D eigenvalue weighted by molar-refractivity contribution is 5.40. The van der Waals surface area contributed by atoms with E-state index >= 15 is 0 Å². The maximum absolute atomic E-state index is 4.36. The third-order valence-electron chi connectivity index (χ3n) is 3.44. The summed E-state index contributed by atoms with van der Waals surface area (Å²) >= 11 is 0. The number of hydrogen-bond acceptors (Lipinski definition) is 3. The van der Waals surface area contributed by atoms with Crippen LogP contribution in [-0.2, 0) is 0 Å². The van der Waals surface area contributed by atoms with Crippen LogP contribution in [0.25, 0.3) is 0 Å². The Labute approximate surface area is 90.3 Å². The van der Waals surface area contributed by atoms with E-state index in [1.807, 2.05) is 6.92 Å². The summed E-state index contributed by atoms with van der Waals surface area (Å²) in [6.07, 6.45) is 9.11. The molecule has 3 nitrogen and oxygen atoms in total. The highest BCUT2D eigenvalue weighted by Crippen LogP contribution is 2.45. The van der Waals surface area contributed by atoms with Crippen LogP contribution in [0.15, 0.2) is 12.4 Å². The van der Waals surface area contributed by atoms with Gasteiger partial charge in [0.05, 0.1) is 5.69 Å². The van der Waals surface area contributed by atoms with Crippen molar-refractivity contribution in [1.29, 1.82) is 0 Å². The molecule has 3 heteroatoms. The fourth-order valence-corrected chi connectivity index (χ4v) is 2.24. The van der Waals surface area contributed by atoms with E-state index in [0.29, 0.717) is 6.04 Å². The monoisotopic (exact) mass is 203 g/mol. The van der Waals surface area contributed by atoms with Crippen LogP contribution in [0.5, 0.6) is 0 Å². The summed E-state index contributed by atoms with van der Waals surface area (Å²) in [6.45, 7) is 2.02. The van der Waals surface area contributed by atoms with Crippen LogP contribution in [0.4, 0.5) is 5.82 Å². The van der Waals surface area contributed by atoms with Gasteiger partial charge in [0, 0.05) is 18.4 Å². The van der Waals surface area contributed by atoms with Crippen molar-refractivity contribution in [2.24, 2.45) is 11.8 Å². The Morgan fingerprint density at radius 2 is 1.73 bits per heavy atom. The number of hydrogen-bond donors (Lipinski definition) is 1. The molecule has 1 N–H and O–H groups in total. The Morgan fingerprint density at radius 1 is 1.13 bits per heavy atom. The first kappa shape index (κ1) is 9.13. The number of anilines is 1. The van der Waals surface area contributed by atoms with Crippen molar-refractivity contribution in [3.63, 3.8) is 0 Å². The Balaban J connectivity index is 1.74. The molecule has 2 aliphatic carbocycles. The molecule has 2 fully saturated rings. The van der Waals surface area contributed by atoms with Crippen molar-refractivity contribution in [3.05, 3.63) is 18.1 Å². The van der Waals surface area contributed by atoms with E-state index in [1.54, 1.807) is 12.4 Å². The van der Waals surface area contributed by atoms with Crippen LogP contribution in [0.2, 0.25) is 0 Å². The van der Waals surface area contributed by atoms with Gasteiger partial charge in [0.2, 0.25) is 0 Å². The predicted molar refractivity (Wildman–Crippen MR) is 59.6 cm³/mol. The smallest absolute Gasteiger partial charge is 0.147 e. The topological polar surface area (TPSA) is 37.8 Å². The minimum Gasteiger partial charge on any atom is -0.365 e. The SMILES string of the molecule is Cc1nccnc1NC(C1CC1)C1CC1. The zero-order chi connectivity index (χ0) is 10.3. The van der Waals surface area contributed by atoms with Crippen LogP contribution in [0.3, 0.4) is 0 Å². The van der Waals surface area contributed by atoms with Gasteiger partial charge >= 0.3 is 0 Å². The lowest BCUT2D eigenvalue weighted by Gasteiger charge is -2.18. The van der Waals surface area contributed by atoms with Crippen molar-refractivity contribution < 1.29 is 0 Å². The second-order valence-electron chi connectivity index (χ2n) is 4.84. The predicted octanol–water partition coefficient (Wildman–Crippen LogP) is 2.39. The van der Waals surface area contributed by atoms with Gasteiger partial charge < -0.3 is 5.32 Å².